The number of carbonyl (C=O) groups excluding carboxylic acids is 1. The predicted molar refractivity (Wildman–Crippen MR) is 113 cm³/mol. The summed E-state index contributed by atoms with van der Waals surface area (Å²) in [6.07, 6.45) is 5.91. The molecule has 0 aromatic heterocycles. The van der Waals surface area contributed by atoms with E-state index in [-0.39, 0.29) is 16.8 Å². The maximum atomic E-state index is 13.1. The molecule has 0 bridgehead atoms. The second-order valence-electron chi connectivity index (χ2n) is 7.91. The molecule has 2 fully saturated rings. The van der Waals surface area contributed by atoms with Gasteiger partial charge in [-0.05, 0) is 55.5 Å². The van der Waals surface area contributed by atoms with Crippen molar-refractivity contribution in [2.24, 2.45) is 0 Å². The molecule has 2 saturated heterocycles. The van der Waals surface area contributed by atoms with Crippen LogP contribution < -0.4 is 0 Å². The Morgan fingerprint density at radius 3 is 2.10 bits per heavy atom. The summed E-state index contributed by atoms with van der Waals surface area (Å²) in [5, 5.41) is 0. The van der Waals surface area contributed by atoms with Crippen LogP contribution in [0.4, 0.5) is 0 Å². The van der Waals surface area contributed by atoms with Crippen LogP contribution in [-0.2, 0) is 10.0 Å². The highest BCUT2D eigenvalue weighted by molar-refractivity contribution is 7.89. The highest BCUT2D eigenvalue weighted by atomic mass is 32.2. The van der Waals surface area contributed by atoms with Gasteiger partial charge in [0.15, 0.2) is 0 Å². The summed E-state index contributed by atoms with van der Waals surface area (Å²) in [6.45, 7) is 1.89. The van der Waals surface area contributed by atoms with Gasteiger partial charge in [-0.15, -0.1) is 0 Å². The first kappa shape index (κ1) is 20.1. The second kappa shape index (κ2) is 8.67. The quantitative estimate of drug-likeness (QED) is 0.755. The molecule has 0 aliphatic carbocycles. The number of sulfonamides is 1. The molecule has 0 N–H and O–H groups in total. The lowest BCUT2D eigenvalue weighted by atomic mass is 10.0. The van der Waals surface area contributed by atoms with E-state index < -0.39 is 10.0 Å². The molecule has 5 nitrogen and oxygen atoms in total. The molecule has 154 valence electrons. The molecule has 0 saturated carbocycles. The van der Waals surface area contributed by atoms with Gasteiger partial charge in [-0.2, -0.15) is 4.31 Å². The van der Waals surface area contributed by atoms with Crippen LogP contribution in [0.3, 0.4) is 0 Å². The minimum atomic E-state index is -3.49. The highest BCUT2D eigenvalue weighted by Crippen LogP contribution is 2.33. The van der Waals surface area contributed by atoms with E-state index in [2.05, 4.69) is 12.1 Å². The summed E-state index contributed by atoms with van der Waals surface area (Å²) in [7, 11) is -3.49. The average molecular weight is 413 g/mol. The normalized spacial score (nSPS) is 21.1. The Hall–Kier alpha value is -2.18. The van der Waals surface area contributed by atoms with E-state index in [1.54, 1.807) is 28.6 Å². The van der Waals surface area contributed by atoms with Crippen LogP contribution in [0, 0.1) is 0 Å². The van der Waals surface area contributed by atoms with Crippen molar-refractivity contribution in [2.75, 3.05) is 19.6 Å². The molecule has 2 aliphatic heterocycles. The van der Waals surface area contributed by atoms with Gasteiger partial charge in [-0.25, -0.2) is 8.42 Å². The molecule has 4 rings (SSSR count). The second-order valence-corrected chi connectivity index (χ2v) is 9.85. The lowest BCUT2D eigenvalue weighted by Crippen LogP contribution is -2.32. The molecular weight excluding hydrogens is 384 g/mol. The summed E-state index contributed by atoms with van der Waals surface area (Å²) in [5.41, 5.74) is 1.70. The molecule has 1 atom stereocenters. The van der Waals surface area contributed by atoms with Crippen LogP contribution in [0.25, 0.3) is 0 Å². The summed E-state index contributed by atoms with van der Waals surface area (Å²) < 4.78 is 27.5. The molecule has 0 radical (unpaired) electrons. The van der Waals surface area contributed by atoms with Crippen molar-refractivity contribution < 1.29 is 13.2 Å². The third-order valence-corrected chi connectivity index (χ3v) is 7.91. The van der Waals surface area contributed by atoms with E-state index in [0.717, 1.165) is 50.6 Å². The highest BCUT2D eigenvalue weighted by Gasteiger charge is 2.31. The summed E-state index contributed by atoms with van der Waals surface area (Å²) in [5.74, 6) is -0.0323. The minimum absolute atomic E-state index is 0.0323. The molecule has 29 heavy (non-hydrogen) atoms. The zero-order valence-electron chi connectivity index (χ0n) is 16.7. The molecule has 2 aromatic carbocycles. The molecule has 6 heteroatoms. The van der Waals surface area contributed by atoms with Gasteiger partial charge in [0.2, 0.25) is 10.0 Å². The third kappa shape index (κ3) is 4.23. The minimum Gasteiger partial charge on any atom is -0.332 e. The van der Waals surface area contributed by atoms with E-state index in [1.165, 1.54) is 0 Å². The topological polar surface area (TPSA) is 57.7 Å². The van der Waals surface area contributed by atoms with Crippen LogP contribution in [0.15, 0.2) is 59.5 Å². The van der Waals surface area contributed by atoms with Gasteiger partial charge in [0.1, 0.15) is 0 Å². The third-order valence-electron chi connectivity index (χ3n) is 6.00. The van der Waals surface area contributed by atoms with Crippen LogP contribution in [-0.4, -0.2) is 43.2 Å². The van der Waals surface area contributed by atoms with Crippen molar-refractivity contribution in [1.82, 2.24) is 9.21 Å². The van der Waals surface area contributed by atoms with Gasteiger partial charge in [0, 0.05) is 25.2 Å². The monoisotopic (exact) mass is 412 g/mol. The molecule has 1 amide bonds. The van der Waals surface area contributed by atoms with Crippen molar-refractivity contribution in [1.29, 1.82) is 0 Å². The lowest BCUT2D eigenvalue weighted by molar-refractivity contribution is 0.0735. The Kier molecular flexibility index (Phi) is 6.01. The molecule has 0 spiro atoms. The Bertz CT molecular complexity index is 934. The van der Waals surface area contributed by atoms with Crippen molar-refractivity contribution in [3.05, 3.63) is 65.7 Å². The summed E-state index contributed by atoms with van der Waals surface area (Å²) in [6, 6.07) is 16.7. The Labute approximate surface area is 173 Å². The zero-order valence-corrected chi connectivity index (χ0v) is 17.5. The predicted octanol–water partition coefficient (Wildman–Crippen LogP) is 4.23. The summed E-state index contributed by atoms with van der Waals surface area (Å²) in [4.78, 5) is 15.3. The van der Waals surface area contributed by atoms with Crippen molar-refractivity contribution in [3.8, 4) is 0 Å². The number of benzene rings is 2. The molecule has 2 aromatic rings. The van der Waals surface area contributed by atoms with Crippen LogP contribution in [0.5, 0.6) is 0 Å². The molecule has 1 unspecified atom stereocenters. The van der Waals surface area contributed by atoms with E-state index >= 15 is 0 Å². The van der Waals surface area contributed by atoms with Crippen molar-refractivity contribution >= 4 is 15.9 Å². The number of hydrogen-bond donors (Lipinski definition) is 0. The lowest BCUT2D eigenvalue weighted by Gasteiger charge is -2.25. The van der Waals surface area contributed by atoms with Crippen LogP contribution in [0.2, 0.25) is 0 Å². The van der Waals surface area contributed by atoms with Gasteiger partial charge in [-0.1, -0.05) is 43.2 Å². The van der Waals surface area contributed by atoms with Crippen LogP contribution in [0.1, 0.15) is 60.5 Å². The number of amides is 1. The molecule has 2 heterocycles. The fourth-order valence-electron chi connectivity index (χ4n) is 4.40. The van der Waals surface area contributed by atoms with Crippen LogP contribution >= 0.6 is 0 Å². The molecular formula is C23H28N2O3S. The maximum absolute atomic E-state index is 13.1. The SMILES string of the molecule is O=C(c1ccc(S(=O)(=O)N2CCCCCC2)cc1)N1CCCC1c1ccccc1. The smallest absolute Gasteiger partial charge is 0.254 e. The van der Waals surface area contributed by atoms with Crippen molar-refractivity contribution in [3.63, 3.8) is 0 Å². The first-order valence-electron chi connectivity index (χ1n) is 10.5. The summed E-state index contributed by atoms with van der Waals surface area (Å²) >= 11 is 0. The van der Waals surface area contributed by atoms with E-state index in [1.807, 2.05) is 23.1 Å². The van der Waals surface area contributed by atoms with Gasteiger partial charge >= 0.3 is 0 Å². The fraction of sp³-hybridized carbons (Fsp3) is 0.435. The van der Waals surface area contributed by atoms with Gasteiger partial charge in [-0.3, -0.25) is 4.79 Å². The number of likely N-dealkylation sites (tertiary alicyclic amines) is 1. The van der Waals surface area contributed by atoms with Gasteiger partial charge in [0.25, 0.3) is 5.91 Å². The standard InChI is InChI=1S/C23H28N2O3S/c26-23(25-18-8-11-22(25)19-9-4-3-5-10-19)20-12-14-21(15-13-20)29(27,28)24-16-6-1-2-7-17-24/h3-5,9-10,12-15,22H,1-2,6-8,11,16-18H2. The number of carbonyl (C=O) groups is 1. The Morgan fingerprint density at radius 1 is 0.793 bits per heavy atom. The first-order valence-corrected chi connectivity index (χ1v) is 12.0. The van der Waals surface area contributed by atoms with Gasteiger partial charge < -0.3 is 4.90 Å². The Morgan fingerprint density at radius 2 is 1.45 bits per heavy atom. The van der Waals surface area contributed by atoms with E-state index in [0.29, 0.717) is 18.7 Å². The van der Waals surface area contributed by atoms with Crippen molar-refractivity contribution in [2.45, 2.75) is 49.5 Å². The number of nitrogens with zero attached hydrogens (tertiary/aromatic N) is 2. The average Bonchev–Trinajstić information content (AvgIpc) is 3.08. The fourth-order valence-corrected chi connectivity index (χ4v) is 5.92. The maximum Gasteiger partial charge on any atom is 0.254 e. The van der Waals surface area contributed by atoms with E-state index in [9.17, 15) is 13.2 Å². The Balaban J connectivity index is 1.52. The number of rotatable bonds is 4. The zero-order chi connectivity index (χ0) is 20.3. The molecule has 2 aliphatic rings. The number of hydrogen-bond acceptors (Lipinski definition) is 3. The largest absolute Gasteiger partial charge is 0.332 e. The first-order chi connectivity index (χ1) is 14.1. The van der Waals surface area contributed by atoms with E-state index in [4.69, 9.17) is 0 Å². The van der Waals surface area contributed by atoms with Gasteiger partial charge in [0.05, 0.1) is 10.9 Å².